The molecule has 1 unspecified atom stereocenters. The monoisotopic (exact) mass is 251 g/mol. The van der Waals surface area contributed by atoms with Crippen LogP contribution in [-0.4, -0.2) is 35.7 Å². The van der Waals surface area contributed by atoms with Gasteiger partial charge in [0.05, 0.1) is 6.10 Å². The maximum absolute atomic E-state index is 13.3. The highest BCUT2D eigenvalue weighted by Gasteiger charge is 2.42. The van der Waals surface area contributed by atoms with Gasteiger partial charge in [-0.1, -0.05) is 0 Å². The highest BCUT2D eigenvalue weighted by molar-refractivity contribution is 5.38. The number of likely N-dealkylation sites (tertiary alicyclic amines) is 1. The van der Waals surface area contributed by atoms with Crippen molar-refractivity contribution in [2.75, 3.05) is 20.1 Å². The predicted molar refractivity (Wildman–Crippen MR) is 66.1 cm³/mol. The number of nitrogens with zero attached hydrogens (tertiary/aromatic N) is 1. The van der Waals surface area contributed by atoms with E-state index in [9.17, 15) is 9.50 Å². The van der Waals surface area contributed by atoms with Gasteiger partial charge < -0.3 is 14.7 Å². The van der Waals surface area contributed by atoms with E-state index in [1.54, 1.807) is 6.07 Å². The summed E-state index contributed by atoms with van der Waals surface area (Å²) in [6, 6.07) is 4.37. The highest BCUT2D eigenvalue weighted by Crippen LogP contribution is 2.43. The van der Waals surface area contributed by atoms with Crippen LogP contribution in [0.2, 0.25) is 0 Å². The summed E-state index contributed by atoms with van der Waals surface area (Å²) >= 11 is 0. The van der Waals surface area contributed by atoms with Crippen LogP contribution in [0.5, 0.6) is 5.75 Å². The Hall–Kier alpha value is -1.13. The van der Waals surface area contributed by atoms with Crippen LogP contribution in [0.1, 0.15) is 30.9 Å². The smallest absolute Gasteiger partial charge is 0.128 e. The summed E-state index contributed by atoms with van der Waals surface area (Å²) in [5.74, 6) is 0.186. The molecule has 98 valence electrons. The van der Waals surface area contributed by atoms with Gasteiger partial charge in [0.1, 0.15) is 17.2 Å². The van der Waals surface area contributed by atoms with Crippen LogP contribution in [0.3, 0.4) is 0 Å². The molecule has 0 bridgehead atoms. The molecule has 1 N–H and O–H groups in total. The molecule has 0 aromatic heterocycles. The number of hydrogen-bond donors (Lipinski definition) is 1. The van der Waals surface area contributed by atoms with Gasteiger partial charge in [0.15, 0.2) is 0 Å². The zero-order valence-corrected chi connectivity index (χ0v) is 10.5. The molecule has 4 heteroatoms. The van der Waals surface area contributed by atoms with Crippen LogP contribution < -0.4 is 4.74 Å². The Morgan fingerprint density at radius 3 is 3.11 bits per heavy atom. The third kappa shape index (κ3) is 1.99. The molecule has 1 aromatic rings. The number of aliphatic hydroxyl groups is 1. The topological polar surface area (TPSA) is 32.7 Å². The van der Waals surface area contributed by atoms with E-state index in [0.29, 0.717) is 17.7 Å². The molecule has 0 amide bonds. The van der Waals surface area contributed by atoms with Crippen molar-refractivity contribution in [3.05, 3.63) is 29.6 Å². The minimum atomic E-state index is -0.555. The Kier molecular flexibility index (Phi) is 2.79. The number of rotatable bonds is 0. The van der Waals surface area contributed by atoms with Gasteiger partial charge in [0.2, 0.25) is 0 Å². The normalized spacial score (nSPS) is 32.1. The van der Waals surface area contributed by atoms with E-state index < -0.39 is 6.10 Å². The summed E-state index contributed by atoms with van der Waals surface area (Å²) in [7, 11) is 2.05. The fourth-order valence-electron chi connectivity index (χ4n) is 3.18. The number of piperidine rings is 1. The molecule has 1 aromatic carbocycles. The summed E-state index contributed by atoms with van der Waals surface area (Å²) in [5, 5.41) is 10.2. The number of benzene rings is 1. The fourth-order valence-corrected chi connectivity index (χ4v) is 3.18. The van der Waals surface area contributed by atoms with Crippen molar-refractivity contribution in [2.24, 2.45) is 0 Å². The minimum absolute atomic E-state index is 0.317. The Labute approximate surface area is 106 Å². The van der Waals surface area contributed by atoms with E-state index in [1.165, 1.54) is 12.1 Å². The Morgan fingerprint density at radius 2 is 2.33 bits per heavy atom. The van der Waals surface area contributed by atoms with Gasteiger partial charge >= 0.3 is 0 Å². The van der Waals surface area contributed by atoms with Crippen LogP contribution in [0.15, 0.2) is 18.2 Å². The first-order valence-electron chi connectivity index (χ1n) is 6.43. The Morgan fingerprint density at radius 1 is 1.50 bits per heavy atom. The number of likely N-dealkylation sites (N-methyl/N-ethyl adjacent to an activating group) is 1. The van der Waals surface area contributed by atoms with E-state index in [4.69, 9.17) is 4.74 Å². The summed E-state index contributed by atoms with van der Waals surface area (Å²) in [6.07, 6.45) is 2.01. The molecule has 1 fully saturated rings. The molecule has 0 radical (unpaired) electrons. The SMILES string of the molecule is CN1CCCC2(C[C@H](O)c3ccc(F)cc3O2)C1. The van der Waals surface area contributed by atoms with Crippen molar-refractivity contribution < 1.29 is 14.2 Å². The standard InChI is InChI=1S/C14H18FNO2/c1-16-6-2-5-14(9-16)8-12(17)11-4-3-10(15)7-13(11)18-14/h3-4,7,12,17H,2,5-6,8-9H2,1H3/t12-,14?/m0/s1. The Balaban J connectivity index is 1.94. The first-order chi connectivity index (χ1) is 8.58. The van der Waals surface area contributed by atoms with E-state index in [0.717, 1.165) is 25.9 Å². The van der Waals surface area contributed by atoms with Crippen molar-refractivity contribution in [2.45, 2.75) is 31.0 Å². The van der Waals surface area contributed by atoms with Crippen molar-refractivity contribution in [1.82, 2.24) is 4.90 Å². The second-order valence-electron chi connectivity index (χ2n) is 5.53. The van der Waals surface area contributed by atoms with Crippen molar-refractivity contribution in [3.8, 4) is 5.75 Å². The molecule has 3 nitrogen and oxygen atoms in total. The predicted octanol–water partition coefficient (Wildman–Crippen LogP) is 2.11. The summed E-state index contributed by atoms with van der Waals surface area (Å²) in [6.45, 7) is 1.84. The number of hydrogen-bond acceptors (Lipinski definition) is 3. The van der Waals surface area contributed by atoms with Gasteiger partial charge in [-0.15, -0.1) is 0 Å². The van der Waals surface area contributed by atoms with Gasteiger partial charge in [0, 0.05) is 24.6 Å². The van der Waals surface area contributed by atoms with Crippen LogP contribution in [0.4, 0.5) is 4.39 Å². The molecule has 1 saturated heterocycles. The zero-order valence-electron chi connectivity index (χ0n) is 10.5. The van der Waals surface area contributed by atoms with Gasteiger partial charge in [-0.25, -0.2) is 4.39 Å². The molecule has 2 aliphatic rings. The van der Waals surface area contributed by atoms with E-state index in [1.807, 2.05) is 0 Å². The zero-order chi connectivity index (χ0) is 12.8. The molecule has 0 saturated carbocycles. The number of ether oxygens (including phenoxy) is 1. The highest BCUT2D eigenvalue weighted by atomic mass is 19.1. The van der Waals surface area contributed by atoms with Gasteiger partial charge in [0.25, 0.3) is 0 Å². The lowest BCUT2D eigenvalue weighted by atomic mass is 9.83. The lowest BCUT2D eigenvalue weighted by Gasteiger charge is -2.45. The number of aliphatic hydroxyl groups excluding tert-OH is 1. The average molecular weight is 251 g/mol. The lowest BCUT2D eigenvalue weighted by molar-refractivity contribution is -0.0556. The average Bonchev–Trinajstić information content (AvgIpc) is 2.27. The summed E-state index contributed by atoms with van der Waals surface area (Å²) in [5.41, 5.74) is 0.350. The fraction of sp³-hybridized carbons (Fsp3) is 0.571. The molecule has 0 aliphatic carbocycles. The molecule has 18 heavy (non-hydrogen) atoms. The molecule has 2 heterocycles. The van der Waals surface area contributed by atoms with Gasteiger partial charge in [-0.3, -0.25) is 0 Å². The maximum atomic E-state index is 13.3. The first kappa shape index (κ1) is 11.9. The van der Waals surface area contributed by atoms with Crippen molar-refractivity contribution in [3.63, 3.8) is 0 Å². The lowest BCUT2D eigenvalue weighted by Crippen LogP contribution is -2.53. The van der Waals surface area contributed by atoms with Crippen molar-refractivity contribution in [1.29, 1.82) is 0 Å². The van der Waals surface area contributed by atoms with E-state index >= 15 is 0 Å². The molecular weight excluding hydrogens is 233 g/mol. The molecule has 2 atom stereocenters. The second kappa shape index (κ2) is 4.21. The van der Waals surface area contributed by atoms with Crippen LogP contribution in [0.25, 0.3) is 0 Å². The second-order valence-corrected chi connectivity index (χ2v) is 5.53. The van der Waals surface area contributed by atoms with Gasteiger partial charge in [-0.05, 0) is 38.6 Å². The quantitative estimate of drug-likeness (QED) is 0.766. The van der Waals surface area contributed by atoms with E-state index in [2.05, 4.69) is 11.9 Å². The van der Waals surface area contributed by atoms with Crippen molar-refractivity contribution >= 4 is 0 Å². The summed E-state index contributed by atoms with van der Waals surface area (Å²) in [4.78, 5) is 2.21. The first-order valence-corrected chi connectivity index (χ1v) is 6.43. The molecule has 2 aliphatic heterocycles. The largest absolute Gasteiger partial charge is 0.485 e. The van der Waals surface area contributed by atoms with Gasteiger partial charge in [-0.2, -0.15) is 0 Å². The molecule has 1 spiro atoms. The van der Waals surface area contributed by atoms with Crippen LogP contribution in [-0.2, 0) is 0 Å². The molecular formula is C14H18FNO2. The number of fused-ring (bicyclic) bond motifs is 1. The number of halogens is 1. The Bertz CT molecular complexity index is 465. The van der Waals surface area contributed by atoms with Crippen LogP contribution >= 0.6 is 0 Å². The molecule has 3 rings (SSSR count). The third-order valence-corrected chi connectivity index (χ3v) is 3.96. The third-order valence-electron chi connectivity index (χ3n) is 3.96. The van der Waals surface area contributed by atoms with E-state index in [-0.39, 0.29) is 11.4 Å². The maximum Gasteiger partial charge on any atom is 0.128 e. The minimum Gasteiger partial charge on any atom is -0.485 e. The summed E-state index contributed by atoms with van der Waals surface area (Å²) < 4.78 is 19.3. The van der Waals surface area contributed by atoms with Crippen LogP contribution in [0, 0.1) is 5.82 Å².